The summed E-state index contributed by atoms with van der Waals surface area (Å²) < 4.78 is 0. The number of amides is 1. The zero-order valence-corrected chi connectivity index (χ0v) is 14.1. The smallest absolute Gasteiger partial charge is 0.230 e. The second-order valence-corrected chi connectivity index (χ2v) is 7.04. The Bertz CT molecular complexity index is 669. The van der Waals surface area contributed by atoms with Crippen molar-refractivity contribution in [1.29, 1.82) is 0 Å². The van der Waals surface area contributed by atoms with E-state index in [-0.39, 0.29) is 11.3 Å². The SMILES string of the molecule is Cc1ccc(NC(=O)C(C)(C)C2CCC2)cc1C1=CC=CNN1. The van der Waals surface area contributed by atoms with Crippen LogP contribution in [0.1, 0.15) is 44.2 Å². The van der Waals surface area contributed by atoms with Crippen LogP contribution in [0.2, 0.25) is 0 Å². The highest BCUT2D eigenvalue weighted by molar-refractivity contribution is 5.95. The Hall–Kier alpha value is -2.23. The van der Waals surface area contributed by atoms with Crippen LogP contribution in [0.25, 0.3) is 5.70 Å². The number of benzene rings is 1. The summed E-state index contributed by atoms with van der Waals surface area (Å²) in [5, 5.41) is 3.11. The van der Waals surface area contributed by atoms with Crippen molar-refractivity contribution in [1.82, 2.24) is 10.9 Å². The van der Waals surface area contributed by atoms with Crippen molar-refractivity contribution < 1.29 is 4.79 Å². The molecule has 0 unspecified atom stereocenters. The van der Waals surface area contributed by atoms with Crippen molar-refractivity contribution in [3.8, 4) is 0 Å². The Morgan fingerprint density at radius 3 is 2.70 bits per heavy atom. The van der Waals surface area contributed by atoms with Crippen LogP contribution in [0.15, 0.2) is 36.6 Å². The van der Waals surface area contributed by atoms with Gasteiger partial charge in [0.15, 0.2) is 0 Å². The van der Waals surface area contributed by atoms with Gasteiger partial charge in [-0.2, -0.15) is 0 Å². The molecule has 1 saturated carbocycles. The lowest BCUT2D eigenvalue weighted by atomic mass is 9.67. The van der Waals surface area contributed by atoms with Gasteiger partial charge in [-0.25, -0.2) is 0 Å². The summed E-state index contributed by atoms with van der Waals surface area (Å²) in [6, 6.07) is 6.05. The van der Waals surface area contributed by atoms with E-state index < -0.39 is 0 Å². The average Bonchev–Trinajstić information content (AvgIpc) is 2.48. The number of hydrogen-bond donors (Lipinski definition) is 3. The van der Waals surface area contributed by atoms with Crippen molar-refractivity contribution >= 4 is 17.3 Å². The molecule has 23 heavy (non-hydrogen) atoms. The molecule has 1 aliphatic carbocycles. The van der Waals surface area contributed by atoms with Crippen molar-refractivity contribution in [2.75, 3.05) is 5.32 Å². The number of carbonyl (C=O) groups is 1. The first-order chi connectivity index (χ1) is 11.0. The summed E-state index contributed by atoms with van der Waals surface area (Å²) in [4.78, 5) is 12.7. The molecule has 1 heterocycles. The maximum absolute atomic E-state index is 12.7. The molecule has 122 valence electrons. The molecule has 1 aromatic rings. The predicted molar refractivity (Wildman–Crippen MR) is 94.3 cm³/mol. The molecule has 2 aliphatic rings. The van der Waals surface area contributed by atoms with Gasteiger partial charge in [-0.1, -0.05) is 26.3 Å². The molecular weight excluding hydrogens is 286 g/mol. The minimum Gasteiger partial charge on any atom is -0.326 e. The van der Waals surface area contributed by atoms with Crippen LogP contribution in [-0.2, 0) is 4.79 Å². The van der Waals surface area contributed by atoms with E-state index in [2.05, 4.69) is 36.9 Å². The van der Waals surface area contributed by atoms with Crippen LogP contribution in [0.5, 0.6) is 0 Å². The molecule has 0 aromatic heterocycles. The second kappa shape index (κ2) is 6.11. The number of allylic oxidation sites excluding steroid dienone is 2. The van der Waals surface area contributed by atoms with Gasteiger partial charge in [0.25, 0.3) is 0 Å². The molecule has 1 aromatic carbocycles. The van der Waals surface area contributed by atoms with Crippen molar-refractivity contribution in [2.45, 2.75) is 40.0 Å². The Morgan fingerprint density at radius 2 is 2.09 bits per heavy atom. The Morgan fingerprint density at radius 1 is 1.30 bits per heavy atom. The van der Waals surface area contributed by atoms with Gasteiger partial charge < -0.3 is 16.2 Å². The molecule has 0 atom stereocenters. The molecule has 1 fully saturated rings. The normalized spacial score (nSPS) is 17.6. The lowest BCUT2D eigenvalue weighted by Crippen LogP contribution is -2.40. The van der Waals surface area contributed by atoms with Crippen LogP contribution >= 0.6 is 0 Å². The number of aryl methyl sites for hydroxylation is 1. The molecule has 0 bridgehead atoms. The molecule has 0 radical (unpaired) electrons. The minimum absolute atomic E-state index is 0.112. The van der Waals surface area contributed by atoms with Crippen LogP contribution in [0, 0.1) is 18.3 Å². The third-order valence-electron chi connectivity index (χ3n) is 5.15. The Labute approximate surface area is 138 Å². The highest BCUT2D eigenvalue weighted by Crippen LogP contribution is 2.42. The molecule has 0 saturated heterocycles. The van der Waals surface area contributed by atoms with Crippen molar-refractivity contribution in [3.63, 3.8) is 0 Å². The van der Waals surface area contributed by atoms with Crippen molar-refractivity contribution in [2.24, 2.45) is 11.3 Å². The zero-order valence-electron chi connectivity index (χ0n) is 14.1. The summed E-state index contributed by atoms with van der Waals surface area (Å²) in [6.45, 7) is 6.18. The fourth-order valence-corrected chi connectivity index (χ4v) is 3.11. The molecule has 4 heteroatoms. The lowest BCUT2D eigenvalue weighted by Gasteiger charge is -2.39. The van der Waals surface area contributed by atoms with Gasteiger partial charge in [0, 0.05) is 22.9 Å². The molecular formula is C19H25N3O. The average molecular weight is 311 g/mol. The van der Waals surface area contributed by atoms with E-state index in [1.807, 2.05) is 36.6 Å². The maximum atomic E-state index is 12.7. The van der Waals surface area contributed by atoms with E-state index >= 15 is 0 Å². The number of anilines is 1. The number of hydrogen-bond acceptors (Lipinski definition) is 3. The highest BCUT2D eigenvalue weighted by atomic mass is 16.2. The minimum atomic E-state index is -0.310. The molecule has 1 aliphatic heterocycles. The quantitative estimate of drug-likeness (QED) is 0.794. The van der Waals surface area contributed by atoms with Gasteiger partial charge in [-0.15, -0.1) is 0 Å². The maximum Gasteiger partial charge on any atom is 0.230 e. The summed E-state index contributed by atoms with van der Waals surface area (Å²) >= 11 is 0. The topological polar surface area (TPSA) is 53.2 Å². The standard InChI is InChI=1S/C19H25N3O/c1-13-9-10-15(12-16(13)17-8-5-11-20-22-17)21-18(23)19(2,3)14-6-4-7-14/h5,8-12,14,20,22H,4,6-7H2,1-3H3,(H,21,23). The number of nitrogens with one attached hydrogen (secondary N) is 3. The first kappa shape index (κ1) is 15.7. The van der Waals surface area contributed by atoms with Crippen LogP contribution in [0.3, 0.4) is 0 Å². The summed E-state index contributed by atoms with van der Waals surface area (Å²) in [6.07, 6.45) is 9.38. The Kier molecular flexibility index (Phi) is 4.16. The Balaban J connectivity index is 1.79. The first-order valence-corrected chi connectivity index (χ1v) is 8.29. The van der Waals surface area contributed by atoms with Crippen molar-refractivity contribution in [3.05, 3.63) is 47.7 Å². The molecule has 3 rings (SSSR count). The monoisotopic (exact) mass is 311 g/mol. The van der Waals surface area contributed by atoms with Crippen LogP contribution in [-0.4, -0.2) is 5.91 Å². The number of hydrazine groups is 1. The largest absolute Gasteiger partial charge is 0.326 e. The summed E-state index contributed by atoms with van der Waals surface area (Å²) in [5.41, 5.74) is 9.91. The predicted octanol–water partition coefficient (Wildman–Crippen LogP) is 3.72. The van der Waals surface area contributed by atoms with E-state index in [9.17, 15) is 4.79 Å². The van der Waals surface area contributed by atoms with Crippen LogP contribution < -0.4 is 16.2 Å². The molecule has 4 nitrogen and oxygen atoms in total. The summed E-state index contributed by atoms with van der Waals surface area (Å²) in [7, 11) is 0. The number of rotatable bonds is 4. The van der Waals surface area contributed by atoms with E-state index in [1.54, 1.807) is 0 Å². The third kappa shape index (κ3) is 3.11. The lowest BCUT2D eigenvalue weighted by molar-refractivity contribution is -0.128. The van der Waals surface area contributed by atoms with E-state index in [4.69, 9.17) is 0 Å². The van der Waals surface area contributed by atoms with Gasteiger partial charge >= 0.3 is 0 Å². The number of carbonyl (C=O) groups excluding carboxylic acids is 1. The van der Waals surface area contributed by atoms with Crippen LogP contribution in [0.4, 0.5) is 5.69 Å². The zero-order chi connectivity index (χ0) is 16.4. The molecule has 0 spiro atoms. The van der Waals surface area contributed by atoms with Gasteiger partial charge in [-0.05, 0) is 55.5 Å². The highest BCUT2D eigenvalue weighted by Gasteiger charge is 2.39. The molecule has 1 amide bonds. The van der Waals surface area contributed by atoms with E-state index in [1.165, 1.54) is 6.42 Å². The second-order valence-electron chi connectivity index (χ2n) is 7.04. The molecule has 3 N–H and O–H groups in total. The third-order valence-corrected chi connectivity index (χ3v) is 5.15. The summed E-state index contributed by atoms with van der Waals surface area (Å²) in [5.74, 6) is 0.616. The van der Waals surface area contributed by atoms with E-state index in [0.29, 0.717) is 5.92 Å². The van der Waals surface area contributed by atoms with E-state index in [0.717, 1.165) is 35.4 Å². The first-order valence-electron chi connectivity index (χ1n) is 8.29. The van der Waals surface area contributed by atoms with Gasteiger partial charge in [0.1, 0.15) is 0 Å². The fourth-order valence-electron chi connectivity index (χ4n) is 3.11. The van der Waals surface area contributed by atoms with Gasteiger partial charge in [0.2, 0.25) is 5.91 Å². The fraction of sp³-hybridized carbons (Fsp3) is 0.421. The van der Waals surface area contributed by atoms with Gasteiger partial charge in [0.05, 0.1) is 5.70 Å². The van der Waals surface area contributed by atoms with Gasteiger partial charge in [-0.3, -0.25) is 4.79 Å².